The normalized spacial score (nSPS) is 18.9. The van der Waals surface area contributed by atoms with Crippen molar-refractivity contribution in [3.05, 3.63) is 29.8 Å². The minimum atomic E-state index is -1.26. The zero-order valence-corrected chi connectivity index (χ0v) is 15.6. The number of nitrogens with zero attached hydrogens (tertiary/aromatic N) is 1. The van der Waals surface area contributed by atoms with Crippen LogP contribution >= 0.6 is 0 Å². The number of hydrogen-bond donors (Lipinski definition) is 3. The number of urea groups is 2. The maximum absolute atomic E-state index is 12.9. The average molecular weight is 376 g/mol. The van der Waals surface area contributed by atoms with Crippen molar-refractivity contribution in [1.29, 1.82) is 0 Å². The molecule has 0 aliphatic carbocycles. The van der Waals surface area contributed by atoms with Gasteiger partial charge in [-0.05, 0) is 30.5 Å². The van der Waals surface area contributed by atoms with Crippen LogP contribution in [0.5, 0.6) is 5.75 Å². The van der Waals surface area contributed by atoms with E-state index in [1.165, 1.54) is 7.11 Å². The van der Waals surface area contributed by atoms with Crippen molar-refractivity contribution in [1.82, 2.24) is 20.9 Å². The quantitative estimate of drug-likeness (QED) is 0.616. The molecule has 1 saturated heterocycles. The molecule has 2 rings (SSSR count). The topological polar surface area (TPSA) is 117 Å². The first kappa shape index (κ1) is 20.2. The van der Waals surface area contributed by atoms with Crippen molar-refractivity contribution in [2.75, 3.05) is 20.2 Å². The highest BCUT2D eigenvalue weighted by Crippen LogP contribution is 2.33. The van der Waals surface area contributed by atoms with Gasteiger partial charge in [-0.3, -0.25) is 19.8 Å². The van der Waals surface area contributed by atoms with Crippen LogP contribution in [-0.4, -0.2) is 49.0 Å². The van der Waals surface area contributed by atoms with E-state index in [1.807, 2.05) is 6.92 Å². The minimum absolute atomic E-state index is 0.305. The molecular weight excluding hydrogens is 352 g/mol. The van der Waals surface area contributed by atoms with Gasteiger partial charge in [0.15, 0.2) is 0 Å². The fraction of sp³-hybridized carbons (Fsp3) is 0.444. The Balaban J connectivity index is 2.14. The van der Waals surface area contributed by atoms with E-state index in [0.717, 1.165) is 11.3 Å². The van der Waals surface area contributed by atoms with Gasteiger partial charge in [0.25, 0.3) is 5.91 Å². The lowest BCUT2D eigenvalue weighted by molar-refractivity contribution is -0.135. The van der Waals surface area contributed by atoms with Gasteiger partial charge >= 0.3 is 12.1 Å². The fourth-order valence-electron chi connectivity index (χ4n) is 2.88. The predicted octanol–water partition coefficient (Wildman–Crippen LogP) is 1.09. The van der Waals surface area contributed by atoms with Gasteiger partial charge in [-0.15, -0.1) is 0 Å². The fourth-order valence-corrected chi connectivity index (χ4v) is 2.88. The summed E-state index contributed by atoms with van der Waals surface area (Å²) < 4.78 is 5.11. The molecule has 1 aliphatic heterocycles. The highest BCUT2D eigenvalue weighted by atomic mass is 16.5. The van der Waals surface area contributed by atoms with Crippen molar-refractivity contribution in [3.8, 4) is 5.75 Å². The number of imide groups is 2. The summed E-state index contributed by atoms with van der Waals surface area (Å²) in [4.78, 5) is 49.7. The van der Waals surface area contributed by atoms with Crippen molar-refractivity contribution >= 4 is 23.9 Å². The second-order valence-electron chi connectivity index (χ2n) is 6.11. The molecule has 27 heavy (non-hydrogen) atoms. The molecule has 0 bridgehead atoms. The summed E-state index contributed by atoms with van der Waals surface area (Å²) in [6.45, 7) is 3.52. The van der Waals surface area contributed by atoms with Gasteiger partial charge in [0.2, 0.25) is 5.91 Å². The Morgan fingerprint density at radius 2 is 1.85 bits per heavy atom. The maximum Gasteiger partial charge on any atom is 0.325 e. The molecule has 1 aromatic rings. The Morgan fingerprint density at radius 1 is 1.19 bits per heavy atom. The van der Waals surface area contributed by atoms with Crippen LogP contribution in [-0.2, 0) is 15.1 Å². The minimum Gasteiger partial charge on any atom is -0.497 e. The van der Waals surface area contributed by atoms with Crippen LogP contribution in [0.1, 0.15) is 32.3 Å². The first-order chi connectivity index (χ1) is 12.9. The Hall–Kier alpha value is -3.10. The molecule has 0 saturated carbocycles. The number of ether oxygens (including phenoxy) is 1. The summed E-state index contributed by atoms with van der Waals surface area (Å²) in [5, 5.41) is 7.27. The Labute approximate surface area is 157 Å². The number of benzene rings is 1. The van der Waals surface area contributed by atoms with Gasteiger partial charge in [-0.1, -0.05) is 26.0 Å². The van der Waals surface area contributed by atoms with E-state index in [1.54, 1.807) is 31.2 Å². The number of carbonyl (C=O) groups excluding carboxylic acids is 4. The summed E-state index contributed by atoms with van der Waals surface area (Å²) in [6, 6.07) is 5.44. The van der Waals surface area contributed by atoms with Crippen LogP contribution in [0.4, 0.5) is 9.59 Å². The average Bonchev–Trinajstić information content (AvgIpc) is 2.91. The second kappa shape index (κ2) is 8.52. The highest BCUT2D eigenvalue weighted by molar-refractivity contribution is 6.10. The van der Waals surface area contributed by atoms with E-state index < -0.39 is 36.0 Å². The van der Waals surface area contributed by atoms with E-state index in [9.17, 15) is 19.2 Å². The van der Waals surface area contributed by atoms with Gasteiger partial charge in [0, 0.05) is 6.54 Å². The van der Waals surface area contributed by atoms with Crippen LogP contribution < -0.4 is 20.7 Å². The molecule has 1 aliphatic rings. The lowest BCUT2D eigenvalue weighted by atomic mass is 9.87. The molecule has 6 amide bonds. The Morgan fingerprint density at radius 3 is 2.41 bits per heavy atom. The van der Waals surface area contributed by atoms with Crippen LogP contribution in [0.3, 0.4) is 0 Å². The summed E-state index contributed by atoms with van der Waals surface area (Å²) in [5.41, 5.74) is -0.665. The van der Waals surface area contributed by atoms with Crippen molar-refractivity contribution in [3.63, 3.8) is 0 Å². The molecule has 3 N–H and O–H groups in total. The number of methoxy groups -OCH3 is 1. The summed E-state index contributed by atoms with van der Waals surface area (Å²) >= 11 is 0. The molecule has 1 atom stereocenters. The lowest BCUT2D eigenvalue weighted by Crippen LogP contribution is -2.47. The maximum atomic E-state index is 12.9. The third kappa shape index (κ3) is 4.18. The van der Waals surface area contributed by atoms with E-state index in [-0.39, 0.29) is 0 Å². The molecule has 1 unspecified atom stereocenters. The lowest BCUT2D eigenvalue weighted by Gasteiger charge is -2.25. The van der Waals surface area contributed by atoms with E-state index in [2.05, 4.69) is 16.0 Å². The number of hydrogen-bond acceptors (Lipinski definition) is 5. The van der Waals surface area contributed by atoms with Crippen LogP contribution in [0.25, 0.3) is 0 Å². The van der Waals surface area contributed by atoms with E-state index >= 15 is 0 Å². The first-order valence-electron chi connectivity index (χ1n) is 8.74. The zero-order chi connectivity index (χ0) is 20.0. The van der Waals surface area contributed by atoms with Crippen molar-refractivity contribution in [2.24, 2.45) is 0 Å². The van der Waals surface area contributed by atoms with Crippen LogP contribution in [0.2, 0.25) is 0 Å². The number of amides is 6. The standard InChI is InChI=1S/C18H24N4O5/c1-4-10-19-16(25)20-14(23)11-22-15(24)18(5-2,21-17(22)26)12-6-8-13(27-3)9-7-12/h6-9H,4-5,10-11H2,1-3H3,(H,21,26)(H2,19,20,23,25). The molecule has 1 fully saturated rings. The SMILES string of the molecule is CCCNC(=O)NC(=O)CN1C(=O)NC(CC)(c2ccc(OC)cc2)C1=O. The van der Waals surface area contributed by atoms with Gasteiger partial charge in [-0.25, -0.2) is 9.59 Å². The molecule has 9 heteroatoms. The monoisotopic (exact) mass is 376 g/mol. The third-order valence-corrected chi connectivity index (χ3v) is 4.38. The van der Waals surface area contributed by atoms with Gasteiger partial charge in [0.1, 0.15) is 17.8 Å². The second-order valence-corrected chi connectivity index (χ2v) is 6.11. The molecule has 0 aromatic heterocycles. The van der Waals surface area contributed by atoms with E-state index in [0.29, 0.717) is 24.3 Å². The van der Waals surface area contributed by atoms with Crippen LogP contribution in [0, 0.1) is 0 Å². The molecule has 146 valence electrons. The number of carbonyl (C=O) groups is 4. The van der Waals surface area contributed by atoms with Crippen molar-refractivity contribution < 1.29 is 23.9 Å². The summed E-state index contributed by atoms with van der Waals surface area (Å²) in [7, 11) is 1.53. The zero-order valence-electron chi connectivity index (χ0n) is 15.6. The van der Waals surface area contributed by atoms with Crippen molar-refractivity contribution in [2.45, 2.75) is 32.2 Å². The summed E-state index contributed by atoms with van der Waals surface area (Å²) in [6.07, 6.45) is 1.02. The van der Waals surface area contributed by atoms with Crippen LogP contribution in [0.15, 0.2) is 24.3 Å². The molecule has 0 spiro atoms. The predicted molar refractivity (Wildman–Crippen MR) is 97.0 cm³/mol. The number of rotatable bonds is 7. The van der Waals surface area contributed by atoms with Gasteiger partial charge in [0.05, 0.1) is 7.11 Å². The van der Waals surface area contributed by atoms with Gasteiger partial charge in [-0.2, -0.15) is 0 Å². The van der Waals surface area contributed by atoms with E-state index in [4.69, 9.17) is 4.74 Å². The Bertz CT molecular complexity index is 734. The Kier molecular flexibility index (Phi) is 6.38. The highest BCUT2D eigenvalue weighted by Gasteiger charge is 2.51. The largest absolute Gasteiger partial charge is 0.497 e. The first-order valence-corrected chi connectivity index (χ1v) is 8.74. The summed E-state index contributed by atoms with van der Waals surface area (Å²) in [5.74, 6) is -0.658. The molecular formula is C18H24N4O5. The molecule has 9 nitrogen and oxygen atoms in total. The smallest absolute Gasteiger partial charge is 0.325 e. The molecule has 1 aromatic carbocycles. The molecule has 1 heterocycles. The van der Waals surface area contributed by atoms with Gasteiger partial charge < -0.3 is 15.4 Å². The third-order valence-electron chi connectivity index (χ3n) is 4.38. The number of nitrogens with one attached hydrogen (secondary N) is 3. The molecule has 0 radical (unpaired) electrons.